The van der Waals surface area contributed by atoms with Crippen molar-refractivity contribution in [1.82, 2.24) is 0 Å². The minimum absolute atomic E-state index is 0.232. The molecule has 0 spiro atoms. The van der Waals surface area contributed by atoms with Crippen molar-refractivity contribution in [2.24, 2.45) is 5.73 Å². The standard InChI is InChI=1S/C11H14F3NO/c1-2-16-9-5-3-4-8(6-9)7-10(15)11(12,13)14/h3-6,10H,2,7,15H2,1H3. The second-order valence-corrected chi connectivity index (χ2v) is 3.43. The van der Waals surface area contributed by atoms with E-state index in [1.807, 2.05) is 6.92 Å². The van der Waals surface area contributed by atoms with E-state index in [1.54, 1.807) is 24.3 Å². The number of alkyl halides is 3. The smallest absolute Gasteiger partial charge is 0.403 e. The SMILES string of the molecule is CCOc1cccc(CC(N)C(F)(F)F)c1. The highest BCUT2D eigenvalue weighted by atomic mass is 19.4. The summed E-state index contributed by atoms with van der Waals surface area (Å²) >= 11 is 0. The normalized spacial score (nSPS) is 13.6. The van der Waals surface area contributed by atoms with Gasteiger partial charge in [-0.25, -0.2) is 0 Å². The lowest BCUT2D eigenvalue weighted by Gasteiger charge is -2.15. The number of halogens is 3. The van der Waals surface area contributed by atoms with Gasteiger partial charge in [-0.1, -0.05) is 12.1 Å². The Kier molecular flexibility index (Phi) is 4.18. The first kappa shape index (κ1) is 12.8. The molecule has 0 amide bonds. The lowest BCUT2D eigenvalue weighted by atomic mass is 10.1. The van der Waals surface area contributed by atoms with Crippen LogP contribution in [0.4, 0.5) is 13.2 Å². The van der Waals surface area contributed by atoms with Crippen molar-refractivity contribution in [1.29, 1.82) is 0 Å². The fraction of sp³-hybridized carbons (Fsp3) is 0.455. The van der Waals surface area contributed by atoms with Crippen molar-refractivity contribution in [3.05, 3.63) is 29.8 Å². The molecule has 0 saturated heterocycles. The maximum absolute atomic E-state index is 12.2. The van der Waals surface area contributed by atoms with Crippen molar-refractivity contribution < 1.29 is 17.9 Å². The van der Waals surface area contributed by atoms with E-state index in [0.29, 0.717) is 17.9 Å². The number of ether oxygens (including phenoxy) is 1. The van der Waals surface area contributed by atoms with Gasteiger partial charge >= 0.3 is 6.18 Å². The molecule has 0 bridgehead atoms. The molecule has 0 saturated carbocycles. The second-order valence-electron chi connectivity index (χ2n) is 3.43. The van der Waals surface area contributed by atoms with E-state index >= 15 is 0 Å². The Hall–Kier alpha value is -1.23. The Labute approximate surface area is 92.2 Å². The molecule has 1 atom stereocenters. The summed E-state index contributed by atoms with van der Waals surface area (Å²) in [6.45, 7) is 2.29. The van der Waals surface area contributed by atoms with E-state index in [2.05, 4.69) is 0 Å². The molecule has 0 fully saturated rings. The Balaban J connectivity index is 2.70. The van der Waals surface area contributed by atoms with Gasteiger partial charge in [0.05, 0.1) is 6.61 Å². The molecule has 0 heterocycles. The zero-order valence-electron chi connectivity index (χ0n) is 8.92. The van der Waals surface area contributed by atoms with Crippen LogP contribution in [0.1, 0.15) is 12.5 Å². The Morgan fingerprint density at radius 1 is 1.38 bits per heavy atom. The van der Waals surface area contributed by atoms with Gasteiger partial charge in [0.1, 0.15) is 11.8 Å². The van der Waals surface area contributed by atoms with Gasteiger partial charge in [-0.15, -0.1) is 0 Å². The molecule has 1 rings (SSSR count). The van der Waals surface area contributed by atoms with Crippen LogP contribution in [-0.2, 0) is 6.42 Å². The number of hydrogen-bond acceptors (Lipinski definition) is 2. The predicted molar refractivity (Wildman–Crippen MR) is 55.3 cm³/mol. The summed E-state index contributed by atoms with van der Waals surface area (Å²) in [5.74, 6) is 0.564. The van der Waals surface area contributed by atoms with E-state index in [4.69, 9.17) is 10.5 Å². The van der Waals surface area contributed by atoms with Crippen LogP contribution in [-0.4, -0.2) is 18.8 Å². The molecule has 16 heavy (non-hydrogen) atoms. The fourth-order valence-electron chi connectivity index (χ4n) is 1.30. The first-order chi connectivity index (χ1) is 7.43. The minimum Gasteiger partial charge on any atom is -0.494 e. The van der Waals surface area contributed by atoms with Crippen LogP contribution in [0.2, 0.25) is 0 Å². The lowest BCUT2D eigenvalue weighted by Crippen LogP contribution is -2.39. The predicted octanol–water partition coefficient (Wildman–Crippen LogP) is 2.52. The molecule has 0 aromatic heterocycles. The molecular formula is C11H14F3NO. The topological polar surface area (TPSA) is 35.2 Å². The van der Waals surface area contributed by atoms with Crippen LogP contribution in [0, 0.1) is 0 Å². The van der Waals surface area contributed by atoms with Crippen LogP contribution in [0.25, 0.3) is 0 Å². The van der Waals surface area contributed by atoms with Crippen LogP contribution < -0.4 is 10.5 Å². The van der Waals surface area contributed by atoms with Gasteiger partial charge < -0.3 is 10.5 Å². The third kappa shape index (κ3) is 3.73. The quantitative estimate of drug-likeness (QED) is 0.867. The van der Waals surface area contributed by atoms with Crippen LogP contribution in [0.3, 0.4) is 0 Å². The zero-order valence-corrected chi connectivity index (χ0v) is 8.92. The summed E-state index contributed by atoms with van der Waals surface area (Å²) in [6.07, 6.45) is -4.59. The summed E-state index contributed by atoms with van der Waals surface area (Å²) in [4.78, 5) is 0. The van der Waals surface area contributed by atoms with E-state index in [0.717, 1.165) is 0 Å². The van der Waals surface area contributed by atoms with Gasteiger partial charge in [0.2, 0.25) is 0 Å². The van der Waals surface area contributed by atoms with Gasteiger partial charge in [-0.05, 0) is 31.0 Å². The number of rotatable bonds is 4. The van der Waals surface area contributed by atoms with E-state index in [9.17, 15) is 13.2 Å². The maximum Gasteiger partial charge on any atom is 0.403 e. The highest BCUT2D eigenvalue weighted by Crippen LogP contribution is 2.22. The second kappa shape index (κ2) is 5.21. The summed E-state index contributed by atoms with van der Waals surface area (Å²) < 4.78 is 41.9. The zero-order chi connectivity index (χ0) is 12.2. The third-order valence-corrected chi connectivity index (χ3v) is 2.09. The highest BCUT2D eigenvalue weighted by Gasteiger charge is 2.36. The van der Waals surface area contributed by atoms with Gasteiger partial charge in [0.15, 0.2) is 0 Å². The van der Waals surface area contributed by atoms with Gasteiger partial charge in [0.25, 0.3) is 0 Å². The molecule has 0 aliphatic rings. The Morgan fingerprint density at radius 3 is 2.62 bits per heavy atom. The van der Waals surface area contributed by atoms with Crippen LogP contribution in [0.15, 0.2) is 24.3 Å². The summed E-state index contributed by atoms with van der Waals surface area (Å²) in [5, 5.41) is 0. The molecule has 1 unspecified atom stereocenters. The summed E-state index contributed by atoms with van der Waals surface area (Å²) in [6, 6.07) is 4.71. The third-order valence-electron chi connectivity index (χ3n) is 2.09. The molecule has 1 aromatic rings. The van der Waals surface area contributed by atoms with Crippen molar-refractivity contribution in [3.8, 4) is 5.75 Å². The van der Waals surface area contributed by atoms with Gasteiger partial charge in [-0.2, -0.15) is 13.2 Å². The molecule has 5 heteroatoms. The largest absolute Gasteiger partial charge is 0.494 e. The van der Waals surface area contributed by atoms with Crippen molar-refractivity contribution >= 4 is 0 Å². The molecular weight excluding hydrogens is 219 g/mol. The average Bonchev–Trinajstić information content (AvgIpc) is 2.17. The van der Waals surface area contributed by atoms with E-state index in [-0.39, 0.29) is 6.42 Å². The first-order valence-electron chi connectivity index (χ1n) is 4.97. The molecule has 0 radical (unpaired) electrons. The lowest BCUT2D eigenvalue weighted by molar-refractivity contribution is -0.147. The van der Waals surface area contributed by atoms with E-state index < -0.39 is 12.2 Å². The maximum atomic E-state index is 12.2. The monoisotopic (exact) mass is 233 g/mol. The van der Waals surface area contributed by atoms with Crippen LogP contribution in [0.5, 0.6) is 5.75 Å². The average molecular weight is 233 g/mol. The number of nitrogens with two attached hydrogens (primary N) is 1. The number of benzene rings is 1. The Morgan fingerprint density at radius 2 is 2.06 bits per heavy atom. The molecule has 2 N–H and O–H groups in total. The van der Waals surface area contributed by atoms with Crippen molar-refractivity contribution in [2.75, 3.05) is 6.61 Å². The van der Waals surface area contributed by atoms with Crippen molar-refractivity contribution in [3.63, 3.8) is 0 Å². The molecule has 1 aromatic carbocycles. The van der Waals surface area contributed by atoms with Crippen molar-refractivity contribution in [2.45, 2.75) is 25.6 Å². The number of hydrogen-bond donors (Lipinski definition) is 1. The molecule has 0 aliphatic carbocycles. The molecule has 2 nitrogen and oxygen atoms in total. The molecule has 0 aliphatic heterocycles. The van der Waals surface area contributed by atoms with E-state index in [1.165, 1.54) is 0 Å². The fourth-order valence-corrected chi connectivity index (χ4v) is 1.30. The van der Waals surface area contributed by atoms with Crippen LogP contribution >= 0.6 is 0 Å². The Bertz CT molecular complexity index is 338. The van der Waals surface area contributed by atoms with Gasteiger partial charge in [-0.3, -0.25) is 0 Å². The summed E-state index contributed by atoms with van der Waals surface area (Å²) in [7, 11) is 0. The first-order valence-corrected chi connectivity index (χ1v) is 4.97. The summed E-state index contributed by atoms with van der Waals surface area (Å²) in [5.41, 5.74) is 5.56. The minimum atomic E-state index is -4.36. The highest BCUT2D eigenvalue weighted by molar-refractivity contribution is 5.29. The van der Waals surface area contributed by atoms with Gasteiger partial charge in [0, 0.05) is 0 Å². The molecule has 90 valence electrons.